The van der Waals surface area contributed by atoms with Crippen LogP contribution in [-0.2, 0) is 6.42 Å². The monoisotopic (exact) mass is 275 g/mol. The second kappa shape index (κ2) is 5.54. The minimum atomic E-state index is -0.114. The fourth-order valence-electron chi connectivity index (χ4n) is 2.26. The van der Waals surface area contributed by atoms with E-state index in [0.717, 1.165) is 29.4 Å². The van der Waals surface area contributed by atoms with Gasteiger partial charge in [0.25, 0.3) is 0 Å². The Balaban J connectivity index is 2.55. The number of fused-ring (bicyclic) bond motifs is 1. The minimum Gasteiger partial charge on any atom is -0.507 e. The molecule has 0 fully saturated rings. The number of amides is 1. The molecule has 0 saturated carbocycles. The first-order valence-corrected chi connectivity index (χ1v) is 6.60. The van der Waals surface area contributed by atoms with Gasteiger partial charge in [-0.15, -0.1) is 0 Å². The van der Waals surface area contributed by atoms with Gasteiger partial charge in [-0.2, -0.15) is 0 Å². The Morgan fingerprint density at radius 1 is 1.25 bits per heavy atom. The summed E-state index contributed by atoms with van der Waals surface area (Å²) in [5.74, 6) is 0.224. The Hall–Kier alpha value is -2.01. The van der Waals surface area contributed by atoms with Crippen molar-refractivity contribution in [3.05, 3.63) is 30.0 Å². The Labute approximate surface area is 119 Å². The number of likely N-dealkylation sites (N-methyl/N-ethyl adjacent to an activating group) is 1. The molecule has 1 heterocycles. The molecule has 20 heavy (non-hydrogen) atoms. The van der Waals surface area contributed by atoms with Gasteiger partial charge in [-0.1, -0.05) is 6.07 Å². The maximum absolute atomic E-state index is 12.2. The predicted molar refractivity (Wildman–Crippen MR) is 80.3 cm³/mol. The molecule has 1 N–H and O–H groups in total. The summed E-state index contributed by atoms with van der Waals surface area (Å²) < 4.78 is 1.60. The number of hydrogen-bond donors (Lipinski definition) is 1. The number of hydrogen-bond acceptors (Lipinski definition) is 3. The smallest absolute Gasteiger partial charge is 0.328 e. The van der Waals surface area contributed by atoms with Gasteiger partial charge >= 0.3 is 6.03 Å². The lowest BCUT2D eigenvalue weighted by Crippen LogP contribution is -2.26. The van der Waals surface area contributed by atoms with Crippen LogP contribution in [0.15, 0.2) is 24.4 Å². The molecule has 0 radical (unpaired) electrons. The zero-order valence-corrected chi connectivity index (χ0v) is 12.4. The third-order valence-electron chi connectivity index (χ3n) is 3.30. The van der Waals surface area contributed by atoms with Gasteiger partial charge in [0.2, 0.25) is 0 Å². The average molecular weight is 275 g/mol. The van der Waals surface area contributed by atoms with Crippen molar-refractivity contribution in [1.82, 2.24) is 14.4 Å². The molecule has 0 atom stereocenters. The van der Waals surface area contributed by atoms with Crippen molar-refractivity contribution >= 4 is 16.9 Å². The average Bonchev–Trinajstić information content (AvgIpc) is 2.75. The zero-order valence-electron chi connectivity index (χ0n) is 12.4. The van der Waals surface area contributed by atoms with Crippen LogP contribution >= 0.6 is 0 Å². The van der Waals surface area contributed by atoms with E-state index in [1.54, 1.807) is 30.8 Å². The van der Waals surface area contributed by atoms with Crippen LogP contribution in [0.25, 0.3) is 10.9 Å². The Kier molecular flexibility index (Phi) is 3.99. The normalized spacial score (nSPS) is 11.2. The van der Waals surface area contributed by atoms with Crippen molar-refractivity contribution < 1.29 is 9.90 Å². The number of phenolic OH excluding ortho intramolecular Hbond substituents is 1. The summed E-state index contributed by atoms with van der Waals surface area (Å²) >= 11 is 0. The quantitative estimate of drug-likeness (QED) is 0.932. The van der Waals surface area contributed by atoms with Crippen molar-refractivity contribution in [2.45, 2.75) is 6.42 Å². The molecule has 2 rings (SSSR count). The number of aromatic nitrogens is 1. The van der Waals surface area contributed by atoms with E-state index in [9.17, 15) is 9.90 Å². The second-order valence-corrected chi connectivity index (χ2v) is 5.43. The number of rotatable bonds is 3. The molecule has 1 aromatic heterocycles. The summed E-state index contributed by atoms with van der Waals surface area (Å²) in [5, 5.41) is 10.9. The number of carbonyl (C=O) groups is 1. The summed E-state index contributed by atoms with van der Waals surface area (Å²) in [5.41, 5.74) is 1.74. The van der Waals surface area contributed by atoms with Gasteiger partial charge < -0.3 is 14.9 Å². The van der Waals surface area contributed by atoms with E-state index in [4.69, 9.17) is 0 Å². The summed E-state index contributed by atoms with van der Waals surface area (Å²) in [7, 11) is 7.45. The summed E-state index contributed by atoms with van der Waals surface area (Å²) in [6.45, 7) is 0.865. The zero-order chi connectivity index (χ0) is 14.9. The molecule has 0 aliphatic heterocycles. The van der Waals surface area contributed by atoms with Crippen LogP contribution in [0.3, 0.4) is 0 Å². The third-order valence-corrected chi connectivity index (χ3v) is 3.30. The lowest BCUT2D eigenvalue weighted by molar-refractivity contribution is 0.220. The van der Waals surface area contributed by atoms with Crippen molar-refractivity contribution in [2.24, 2.45) is 0 Å². The Morgan fingerprint density at radius 3 is 2.55 bits per heavy atom. The van der Waals surface area contributed by atoms with Gasteiger partial charge in [0.05, 0.1) is 5.52 Å². The molecule has 0 aliphatic carbocycles. The number of phenols is 1. The van der Waals surface area contributed by atoms with E-state index in [2.05, 4.69) is 4.90 Å². The molecule has 0 bridgehead atoms. The molecule has 2 aromatic rings. The Bertz CT molecular complexity index is 629. The van der Waals surface area contributed by atoms with Crippen LogP contribution in [-0.4, -0.2) is 60.2 Å². The van der Waals surface area contributed by atoms with Crippen LogP contribution in [0.1, 0.15) is 5.56 Å². The first kappa shape index (κ1) is 14.4. The van der Waals surface area contributed by atoms with Gasteiger partial charge in [-0.25, -0.2) is 4.79 Å². The highest BCUT2D eigenvalue weighted by Crippen LogP contribution is 2.30. The number of nitrogens with zero attached hydrogens (tertiary/aromatic N) is 3. The number of carbonyl (C=O) groups excluding carboxylic acids is 1. The standard InChI is InChI=1S/C15H21N3O2/c1-16(2)9-8-11-10-18(15(20)17(3)4)12-6-5-7-13(19)14(11)12/h5-7,10,19H,8-9H2,1-4H3. The van der Waals surface area contributed by atoms with E-state index in [-0.39, 0.29) is 11.8 Å². The first-order chi connectivity index (χ1) is 9.41. The second-order valence-electron chi connectivity index (χ2n) is 5.43. The largest absolute Gasteiger partial charge is 0.507 e. The molecule has 0 unspecified atom stereocenters. The van der Waals surface area contributed by atoms with Gasteiger partial charge in [-0.05, 0) is 38.2 Å². The molecular formula is C15H21N3O2. The van der Waals surface area contributed by atoms with Crippen molar-refractivity contribution in [3.63, 3.8) is 0 Å². The summed E-state index contributed by atoms with van der Waals surface area (Å²) in [6, 6.07) is 5.16. The van der Waals surface area contributed by atoms with Crippen molar-refractivity contribution in [1.29, 1.82) is 0 Å². The molecule has 5 heteroatoms. The van der Waals surface area contributed by atoms with E-state index in [1.807, 2.05) is 26.4 Å². The first-order valence-electron chi connectivity index (χ1n) is 6.60. The number of aromatic hydroxyl groups is 1. The summed E-state index contributed by atoms with van der Waals surface area (Å²) in [6.07, 6.45) is 2.62. The minimum absolute atomic E-state index is 0.114. The molecule has 108 valence electrons. The number of benzene rings is 1. The molecule has 5 nitrogen and oxygen atoms in total. The molecule has 1 amide bonds. The fourth-order valence-corrected chi connectivity index (χ4v) is 2.26. The van der Waals surface area contributed by atoms with E-state index in [1.165, 1.54) is 4.90 Å². The van der Waals surface area contributed by atoms with Crippen LogP contribution in [0, 0.1) is 0 Å². The maximum Gasteiger partial charge on any atom is 0.328 e. The van der Waals surface area contributed by atoms with Gasteiger partial charge in [-0.3, -0.25) is 4.57 Å². The van der Waals surface area contributed by atoms with Gasteiger partial charge in [0, 0.05) is 32.2 Å². The highest BCUT2D eigenvalue weighted by Gasteiger charge is 2.17. The van der Waals surface area contributed by atoms with Gasteiger partial charge in [0.1, 0.15) is 5.75 Å². The van der Waals surface area contributed by atoms with E-state index < -0.39 is 0 Å². The topological polar surface area (TPSA) is 48.7 Å². The van der Waals surface area contributed by atoms with E-state index in [0.29, 0.717) is 0 Å². The third kappa shape index (κ3) is 2.63. The highest BCUT2D eigenvalue weighted by atomic mass is 16.3. The molecule has 0 saturated heterocycles. The van der Waals surface area contributed by atoms with Crippen LogP contribution < -0.4 is 0 Å². The summed E-state index contributed by atoms with van der Waals surface area (Å²) in [4.78, 5) is 15.8. The predicted octanol–water partition coefficient (Wildman–Crippen LogP) is 1.98. The van der Waals surface area contributed by atoms with Crippen LogP contribution in [0.4, 0.5) is 4.79 Å². The Morgan fingerprint density at radius 2 is 1.95 bits per heavy atom. The lowest BCUT2D eigenvalue weighted by Gasteiger charge is -2.11. The van der Waals surface area contributed by atoms with E-state index >= 15 is 0 Å². The highest BCUT2D eigenvalue weighted by molar-refractivity contribution is 5.96. The molecule has 0 aliphatic rings. The van der Waals surface area contributed by atoms with Crippen LogP contribution in [0.5, 0.6) is 5.75 Å². The van der Waals surface area contributed by atoms with Gasteiger partial charge in [0.15, 0.2) is 0 Å². The fraction of sp³-hybridized carbons (Fsp3) is 0.400. The van der Waals surface area contributed by atoms with Crippen molar-refractivity contribution in [3.8, 4) is 5.75 Å². The molecule has 1 aromatic carbocycles. The SMILES string of the molecule is CN(C)CCc1cn(C(=O)N(C)C)c2cccc(O)c12. The lowest BCUT2D eigenvalue weighted by atomic mass is 10.1. The molecular weight excluding hydrogens is 254 g/mol. The van der Waals surface area contributed by atoms with Crippen molar-refractivity contribution in [2.75, 3.05) is 34.7 Å². The maximum atomic E-state index is 12.2. The molecule has 0 spiro atoms. The van der Waals surface area contributed by atoms with Crippen LogP contribution in [0.2, 0.25) is 0 Å².